The molecule has 0 aliphatic carbocycles. The summed E-state index contributed by atoms with van der Waals surface area (Å²) in [5.41, 5.74) is 11.8. The van der Waals surface area contributed by atoms with Crippen molar-refractivity contribution < 1.29 is 24.2 Å². The van der Waals surface area contributed by atoms with Crippen LogP contribution in [0.5, 0.6) is 5.75 Å². The zero-order chi connectivity index (χ0) is 16.8. The molecule has 0 amide bonds. The first-order valence-corrected chi connectivity index (χ1v) is 6.98. The minimum absolute atomic E-state index is 0.132. The van der Waals surface area contributed by atoms with Gasteiger partial charge < -0.3 is 26.0 Å². The van der Waals surface area contributed by atoms with Gasteiger partial charge in [-0.1, -0.05) is 19.1 Å². The van der Waals surface area contributed by atoms with Gasteiger partial charge in [0, 0.05) is 13.3 Å². The van der Waals surface area contributed by atoms with Crippen LogP contribution in [0.1, 0.15) is 25.8 Å². The van der Waals surface area contributed by atoms with Gasteiger partial charge in [0.25, 0.3) is 5.79 Å². The van der Waals surface area contributed by atoms with Crippen molar-refractivity contribution in [1.82, 2.24) is 0 Å². The molecule has 1 aromatic carbocycles. The fourth-order valence-electron chi connectivity index (χ4n) is 1.71. The first-order valence-electron chi connectivity index (χ1n) is 6.98. The van der Waals surface area contributed by atoms with Gasteiger partial charge in [0.1, 0.15) is 11.8 Å². The lowest BCUT2D eigenvalue weighted by molar-refractivity contribution is -0.223. The third-order valence-corrected chi connectivity index (χ3v) is 3.15. The van der Waals surface area contributed by atoms with E-state index in [-0.39, 0.29) is 25.1 Å². The smallest absolute Gasteiger partial charge is 0.326 e. The maximum Gasteiger partial charge on any atom is 0.326 e. The summed E-state index contributed by atoms with van der Waals surface area (Å²) in [6.45, 7) is 2.89. The molecule has 122 valence electrons. The number of hydrogen-bond donors (Lipinski definition) is 3. The van der Waals surface area contributed by atoms with E-state index in [1.165, 1.54) is 19.1 Å². The summed E-state index contributed by atoms with van der Waals surface area (Å²) in [6, 6.07) is 5.43. The summed E-state index contributed by atoms with van der Waals surface area (Å²) in [7, 11) is 0. The monoisotopic (exact) mass is 310 g/mol. The van der Waals surface area contributed by atoms with Gasteiger partial charge in [-0.15, -0.1) is 0 Å². The standard InChI is InChI=1S/C15H22N2O5/c1-3-15(2,21-13(19)9-16)22-14(20)12(17)8-10-4-6-11(18)7-5-10/h4-7,12,18H,3,8-9,16-17H2,1-2H3. The minimum Gasteiger partial charge on any atom is -0.508 e. The molecule has 2 unspecified atom stereocenters. The molecule has 0 radical (unpaired) electrons. The fraction of sp³-hybridized carbons (Fsp3) is 0.467. The lowest BCUT2D eigenvalue weighted by atomic mass is 10.1. The number of carbonyl (C=O) groups excluding carboxylic acids is 2. The highest BCUT2D eigenvalue weighted by Crippen LogP contribution is 2.19. The third kappa shape index (κ3) is 5.34. The van der Waals surface area contributed by atoms with Crippen LogP contribution in [-0.2, 0) is 25.5 Å². The number of nitrogens with two attached hydrogens (primary N) is 2. The molecule has 0 heterocycles. The molecule has 0 aliphatic heterocycles. The quantitative estimate of drug-likeness (QED) is 0.492. The Morgan fingerprint density at radius 3 is 2.36 bits per heavy atom. The Hall–Kier alpha value is -2.12. The Morgan fingerprint density at radius 2 is 1.86 bits per heavy atom. The molecule has 7 nitrogen and oxygen atoms in total. The fourth-order valence-corrected chi connectivity index (χ4v) is 1.71. The van der Waals surface area contributed by atoms with Crippen LogP contribution in [0, 0.1) is 0 Å². The average molecular weight is 310 g/mol. The SMILES string of the molecule is CCC(C)(OC(=O)CN)OC(=O)C(N)Cc1ccc(O)cc1. The summed E-state index contributed by atoms with van der Waals surface area (Å²) >= 11 is 0. The lowest BCUT2D eigenvalue weighted by Crippen LogP contribution is -2.44. The van der Waals surface area contributed by atoms with E-state index in [9.17, 15) is 14.7 Å². The predicted molar refractivity (Wildman–Crippen MR) is 79.7 cm³/mol. The number of carbonyl (C=O) groups is 2. The molecule has 0 saturated carbocycles. The maximum absolute atomic E-state index is 12.0. The number of hydrogen-bond acceptors (Lipinski definition) is 7. The summed E-state index contributed by atoms with van der Waals surface area (Å²) in [4.78, 5) is 23.3. The number of aromatic hydroxyl groups is 1. The van der Waals surface area contributed by atoms with Crippen LogP contribution in [-0.4, -0.2) is 35.4 Å². The molecule has 0 spiro atoms. The van der Waals surface area contributed by atoms with E-state index in [1.54, 1.807) is 19.1 Å². The van der Waals surface area contributed by atoms with Crippen molar-refractivity contribution in [1.29, 1.82) is 0 Å². The summed E-state index contributed by atoms with van der Waals surface area (Å²) < 4.78 is 10.2. The van der Waals surface area contributed by atoms with Gasteiger partial charge in [0.2, 0.25) is 0 Å². The molecule has 1 rings (SSSR count). The van der Waals surface area contributed by atoms with E-state index in [1.807, 2.05) is 0 Å². The molecular formula is C15H22N2O5. The molecule has 0 aliphatic rings. The summed E-state index contributed by atoms with van der Waals surface area (Å²) in [5, 5.41) is 9.21. The molecule has 7 heteroatoms. The second-order valence-corrected chi connectivity index (χ2v) is 5.06. The van der Waals surface area contributed by atoms with Crippen LogP contribution in [0.15, 0.2) is 24.3 Å². The van der Waals surface area contributed by atoms with Crippen molar-refractivity contribution >= 4 is 11.9 Å². The molecule has 0 aromatic heterocycles. The zero-order valence-electron chi connectivity index (χ0n) is 12.7. The second-order valence-electron chi connectivity index (χ2n) is 5.06. The van der Waals surface area contributed by atoms with Crippen LogP contribution >= 0.6 is 0 Å². The zero-order valence-corrected chi connectivity index (χ0v) is 12.7. The largest absolute Gasteiger partial charge is 0.508 e. The Morgan fingerprint density at radius 1 is 1.27 bits per heavy atom. The van der Waals surface area contributed by atoms with Gasteiger partial charge in [0.15, 0.2) is 0 Å². The van der Waals surface area contributed by atoms with Crippen LogP contribution in [0.25, 0.3) is 0 Å². The molecule has 1 aromatic rings. The Labute approximate surface area is 129 Å². The van der Waals surface area contributed by atoms with Gasteiger partial charge in [-0.25, -0.2) is 0 Å². The van der Waals surface area contributed by atoms with Gasteiger partial charge in [-0.05, 0) is 24.1 Å². The molecule has 0 bridgehead atoms. The topological polar surface area (TPSA) is 125 Å². The number of ether oxygens (including phenoxy) is 2. The van der Waals surface area contributed by atoms with Crippen LogP contribution in [0.3, 0.4) is 0 Å². The van der Waals surface area contributed by atoms with E-state index in [2.05, 4.69) is 0 Å². The second kappa shape index (κ2) is 7.77. The molecule has 22 heavy (non-hydrogen) atoms. The van der Waals surface area contributed by atoms with Gasteiger partial charge in [-0.2, -0.15) is 0 Å². The molecular weight excluding hydrogens is 288 g/mol. The highest BCUT2D eigenvalue weighted by molar-refractivity contribution is 5.77. The van der Waals surface area contributed by atoms with Crippen LogP contribution in [0.2, 0.25) is 0 Å². The van der Waals surface area contributed by atoms with Crippen LogP contribution < -0.4 is 11.5 Å². The first kappa shape index (κ1) is 17.9. The van der Waals surface area contributed by atoms with Crippen molar-refractivity contribution in [2.45, 2.75) is 38.5 Å². The molecule has 2 atom stereocenters. The number of esters is 2. The Bertz CT molecular complexity index is 517. The van der Waals surface area contributed by atoms with E-state index < -0.39 is 23.8 Å². The Kier molecular flexibility index (Phi) is 6.33. The van der Waals surface area contributed by atoms with E-state index in [0.717, 1.165) is 5.56 Å². The van der Waals surface area contributed by atoms with Crippen molar-refractivity contribution in [2.24, 2.45) is 11.5 Å². The normalized spacial score (nSPS) is 14.7. The Balaban J connectivity index is 2.65. The molecule has 0 fully saturated rings. The number of benzene rings is 1. The molecule has 5 N–H and O–H groups in total. The predicted octanol–water partition coefficient (Wildman–Crippen LogP) is 0.433. The number of rotatable bonds is 7. The summed E-state index contributed by atoms with van der Waals surface area (Å²) in [6.07, 6.45) is 0.514. The van der Waals surface area contributed by atoms with Crippen molar-refractivity contribution in [3.05, 3.63) is 29.8 Å². The molecule has 0 saturated heterocycles. The number of phenolic OH excluding ortho intramolecular Hbond substituents is 1. The van der Waals surface area contributed by atoms with Crippen molar-refractivity contribution in [3.63, 3.8) is 0 Å². The van der Waals surface area contributed by atoms with Gasteiger partial charge in [-0.3, -0.25) is 9.59 Å². The van der Waals surface area contributed by atoms with E-state index in [4.69, 9.17) is 20.9 Å². The average Bonchev–Trinajstić information content (AvgIpc) is 2.49. The minimum atomic E-state index is -1.39. The van der Waals surface area contributed by atoms with E-state index in [0.29, 0.717) is 0 Å². The van der Waals surface area contributed by atoms with Crippen LogP contribution in [0.4, 0.5) is 0 Å². The third-order valence-electron chi connectivity index (χ3n) is 3.15. The van der Waals surface area contributed by atoms with E-state index >= 15 is 0 Å². The highest BCUT2D eigenvalue weighted by atomic mass is 16.7. The lowest BCUT2D eigenvalue weighted by Gasteiger charge is -2.29. The highest BCUT2D eigenvalue weighted by Gasteiger charge is 2.32. The van der Waals surface area contributed by atoms with Gasteiger partial charge >= 0.3 is 11.9 Å². The van der Waals surface area contributed by atoms with Crippen molar-refractivity contribution in [2.75, 3.05) is 6.54 Å². The van der Waals surface area contributed by atoms with Crippen molar-refractivity contribution in [3.8, 4) is 5.75 Å². The summed E-state index contributed by atoms with van der Waals surface area (Å²) in [5.74, 6) is -2.60. The van der Waals surface area contributed by atoms with Gasteiger partial charge in [0.05, 0.1) is 6.54 Å². The number of phenols is 1. The maximum atomic E-state index is 12.0. The first-order chi connectivity index (χ1) is 10.3.